The van der Waals surface area contributed by atoms with Crippen molar-refractivity contribution in [3.05, 3.63) is 82.9 Å². The molecule has 0 bridgehead atoms. The Kier molecular flexibility index (Phi) is 7.72. The number of esters is 1. The van der Waals surface area contributed by atoms with Crippen LogP contribution in [0.2, 0.25) is 0 Å². The van der Waals surface area contributed by atoms with Gasteiger partial charge in [-0.1, -0.05) is 17.7 Å². The molecule has 4 aromatic rings. The minimum Gasteiger partial charge on any atom is -0.497 e. The molecule has 3 aromatic carbocycles. The fourth-order valence-electron chi connectivity index (χ4n) is 4.26. The number of fused-ring (bicyclic) bond motifs is 1. The first-order chi connectivity index (χ1) is 17.8. The maximum absolute atomic E-state index is 12.9. The summed E-state index contributed by atoms with van der Waals surface area (Å²) in [7, 11) is 1.61. The van der Waals surface area contributed by atoms with Gasteiger partial charge in [0.05, 0.1) is 30.5 Å². The minimum atomic E-state index is -0.433. The monoisotopic (exact) mass is 498 g/mol. The van der Waals surface area contributed by atoms with Crippen molar-refractivity contribution in [2.24, 2.45) is 0 Å². The lowest BCUT2D eigenvalue weighted by Gasteiger charge is -2.15. The Morgan fingerprint density at radius 3 is 2.27 bits per heavy atom. The number of anilines is 1. The van der Waals surface area contributed by atoms with Crippen LogP contribution in [-0.2, 0) is 9.53 Å². The molecule has 0 fully saturated rings. The number of benzene rings is 3. The number of hydrogen-bond donors (Lipinski definition) is 1. The van der Waals surface area contributed by atoms with E-state index in [1.54, 1.807) is 38.3 Å². The molecule has 190 valence electrons. The number of carbonyl (C=O) groups is 2. The number of nitrogens with one attached hydrogen (secondary N) is 1. The molecule has 1 aromatic heterocycles. The summed E-state index contributed by atoms with van der Waals surface area (Å²) in [5, 5.41) is 3.57. The molecule has 0 atom stereocenters. The van der Waals surface area contributed by atoms with E-state index in [2.05, 4.69) is 5.32 Å². The van der Waals surface area contributed by atoms with E-state index < -0.39 is 5.97 Å². The van der Waals surface area contributed by atoms with Crippen molar-refractivity contribution >= 4 is 28.5 Å². The van der Waals surface area contributed by atoms with Crippen LogP contribution in [0.5, 0.6) is 11.5 Å². The summed E-state index contributed by atoms with van der Waals surface area (Å²) in [5.41, 5.74) is 6.42. The van der Waals surface area contributed by atoms with E-state index >= 15 is 0 Å². The van der Waals surface area contributed by atoms with E-state index in [0.29, 0.717) is 27.9 Å². The van der Waals surface area contributed by atoms with Crippen LogP contribution < -0.4 is 14.8 Å². The highest BCUT2D eigenvalue weighted by Crippen LogP contribution is 2.32. The molecule has 0 aliphatic rings. The molecule has 0 unspecified atom stereocenters. The number of methoxy groups -OCH3 is 1. The zero-order chi connectivity index (χ0) is 26.5. The van der Waals surface area contributed by atoms with Gasteiger partial charge in [-0.05, 0) is 81.3 Å². The Morgan fingerprint density at radius 1 is 0.919 bits per heavy atom. The normalized spacial score (nSPS) is 10.7. The van der Waals surface area contributed by atoms with Crippen LogP contribution in [0.1, 0.15) is 34.0 Å². The zero-order valence-corrected chi connectivity index (χ0v) is 21.7. The molecule has 1 heterocycles. The molecule has 4 rings (SSSR count). The predicted octanol–water partition coefficient (Wildman–Crippen LogP) is 6.03. The van der Waals surface area contributed by atoms with Gasteiger partial charge >= 0.3 is 5.97 Å². The van der Waals surface area contributed by atoms with Crippen molar-refractivity contribution < 1.29 is 23.8 Å². The van der Waals surface area contributed by atoms with E-state index in [1.807, 2.05) is 57.2 Å². The van der Waals surface area contributed by atoms with Gasteiger partial charge in [0.15, 0.2) is 6.61 Å². The number of aryl methyl sites for hydroxylation is 3. The van der Waals surface area contributed by atoms with Gasteiger partial charge in [0, 0.05) is 22.7 Å². The molecule has 0 radical (unpaired) electrons. The number of rotatable bonds is 8. The van der Waals surface area contributed by atoms with Crippen molar-refractivity contribution in [2.45, 2.75) is 27.7 Å². The summed E-state index contributed by atoms with van der Waals surface area (Å²) in [6.07, 6.45) is 0. The van der Waals surface area contributed by atoms with Crippen LogP contribution in [0.3, 0.4) is 0 Å². The molecule has 37 heavy (non-hydrogen) atoms. The second kappa shape index (κ2) is 11.1. The van der Waals surface area contributed by atoms with Crippen LogP contribution in [0.4, 0.5) is 5.69 Å². The second-order valence-corrected chi connectivity index (χ2v) is 8.80. The smallest absolute Gasteiger partial charge is 0.338 e. The van der Waals surface area contributed by atoms with E-state index in [-0.39, 0.29) is 19.1 Å². The maximum atomic E-state index is 12.9. The number of aromatic nitrogens is 1. The third kappa shape index (κ3) is 5.89. The summed E-state index contributed by atoms with van der Waals surface area (Å²) in [5.74, 6) is 0.457. The molecule has 7 heteroatoms. The van der Waals surface area contributed by atoms with E-state index in [9.17, 15) is 9.59 Å². The van der Waals surface area contributed by atoms with Gasteiger partial charge in [-0.15, -0.1) is 0 Å². The number of carbonyl (C=O) groups excluding carboxylic acids is 2. The Labute approximate surface area is 216 Å². The molecule has 0 saturated heterocycles. The molecule has 0 aliphatic carbocycles. The van der Waals surface area contributed by atoms with Crippen molar-refractivity contribution in [2.75, 3.05) is 25.6 Å². The number of pyridine rings is 1. The first-order valence-electron chi connectivity index (χ1n) is 12.1. The summed E-state index contributed by atoms with van der Waals surface area (Å²) in [6.45, 7) is 7.76. The van der Waals surface area contributed by atoms with E-state index in [0.717, 1.165) is 33.7 Å². The lowest BCUT2D eigenvalue weighted by atomic mass is 10.1. The van der Waals surface area contributed by atoms with Gasteiger partial charge < -0.3 is 19.5 Å². The minimum absolute atomic E-state index is 0.211. The Balaban J connectivity index is 1.67. The maximum Gasteiger partial charge on any atom is 0.338 e. The Hall–Kier alpha value is -4.39. The average Bonchev–Trinajstić information content (AvgIpc) is 2.89. The van der Waals surface area contributed by atoms with E-state index in [4.69, 9.17) is 19.2 Å². The van der Waals surface area contributed by atoms with Crippen LogP contribution in [0.25, 0.3) is 22.2 Å². The van der Waals surface area contributed by atoms with Gasteiger partial charge in [0.2, 0.25) is 0 Å². The molecule has 1 amide bonds. The highest BCUT2D eigenvalue weighted by molar-refractivity contribution is 5.98. The topological polar surface area (TPSA) is 86.8 Å². The summed E-state index contributed by atoms with van der Waals surface area (Å²) in [4.78, 5) is 30.0. The predicted molar refractivity (Wildman–Crippen MR) is 144 cm³/mol. The summed E-state index contributed by atoms with van der Waals surface area (Å²) < 4.78 is 16.4. The number of ether oxygens (including phenoxy) is 3. The highest BCUT2D eigenvalue weighted by atomic mass is 16.5. The zero-order valence-electron chi connectivity index (χ0n) is 21.7. The molecular weight excluding hydrogens is 468 g/mol. The molecule has 0 saturated carbocycles. The van der Waals surface area contributed by atoms with Gasteiger partial charge in [-0.25, -0.2) is 9.78 Å². The highest BCUT2D eigenvalue weighted by Gasteiger charge is 2.15. The number of amides is 1. The van der Waals surface area contributed by atoms with Gasteiger partial charge in [-0.3, -0.25) is 4.79 Å². The largest absolute Gasteiger partial charge is 0.497 e. The molecule has 1 N–H and O–H groups in total. The van der Waals surface area contributed by atoms with Gasteiger partial charge in [-0.2, -0.15) is 0 Å². The fraction of sp³-hybridized carbons (Fsp3) is 0.233. The molecule has 0 spiro atoms. The third-order valence-corrected chi connectivity index (χ3v) is 5.97. The molecular formula is C30H30N2O5. The Bertz CT molecular complexity index is 1440. The average molecular weight is 499 g/mol. The quantitative estimate of drug-likeness (QED) is 0.299. The lowest BCUT2D eigenvalue weighted by molar-refractivity contribution is -0.118. The first kappa shape index (κ1) is 25.7. The lowest BCUT2D eigenvalue weighted by Crippen LogP contribution is -2.21. The second-order valence-electron chi connectivity index (χ2n) is 8.80. The van der Waals surface area contributed by atoms with Crippen LogP contribution in [0, 0.1) is 20.8 Å². The van der Waals surface area contributed by atoms with Crippen molar-refractivity contribution in [3.8, 4) is 22.8 Å². The van der Waals surface area contributed by atoms with Crippen LogP contribution in [-0.4, -0.2) is 37.2 Å². The van der Waals surface area contributed by atoms with Gasteiger partial charge in [0.25, 0.3) is 5.91 Å². The Morgan fingerprint density at radius 2 is 1.62 bits per heavy atom. The van der Waals surface area contributed by atoms with Crippen LogP contribution >= 0.6 is 0 Å². The van der Waals surface area contributed by atoms with Gasteiger partial charge in [0.1, 0.15) is 11.5 Å². The first-order valence-corrected chi connectivity index (χ1v) is 12.1. The van der Waals surface area contributed by atoms with Crippen molar-refractivity contribution in [1.82, 2.24) is 4.98 Å². The SMILES string of the molecule is CCOC(=O)c1ccc2nc(-c3ccc(OC)cc3)cc(OCC(=O)Nc3c(C)cc(C)cc3C)c2c1. The molecule has 7 nitrogen and oxygen atoms in total. The number of hydrogen-bond acceptors (Lipinski definition) is 6. The number of nitrogens with zero attached hydrogens (tertiary/aromatic N) is 1. The summed E-state index contributed by atoms with van der Waals surface area (Å²) >= 11 is 0. The third-order valence-electron chi connectivity index (χ3n) is 5.97. The van der Waals surface area contributed by atoms with E-state index in [1.165, 1.54) is 0 Å². The molecule has 0 aliphatic heterocycles. The standard InChI is InChI=1S/C30H30N2O5/c1-6-36-30(34)22-9-12-25-24(15-22)27(16-26(31-25)21-7-10-23(35-5)11-8-21)37-17-28(33)32-29-19(3)13-18(2)14-20(29)4/h7-16H,6,17H2,1-5H3,(H,32,33). The fourth-order valence-corrected chi connectivity index (χ4v) is 4.26. The van der Waals surface area contributed by atoms with Crippen LogP contribution in [0.15, 0.2) is 60.7 Å². The van der Waals surface area contributed by atoms with Crippen molar-refractivity contribution in [3.63, 3.8) is 0 Å². The van der Waals surface area contributed by atoms with Crippen molar-refractivity contribution in [1.29, 1.82) is 0 Å². The summed E-state index contributed by atoms with van der Waals surface area (Å²) in [6, 6.07) is 18.4.